The number of fused-ring (bicyclic) bond motifs is 2. The van der Waals surface area contributed by atoms with Crippen molar-refractivity contribution in [1.82, 2.24) is 9.13 Å². The minimum atomic E-state index is -0.278. The summed E-state index contributed by atoms with van der Waals surface area (Å²) >= 11 is 0. The first-order chi connectivity index (χ1) is 24.1. The first-order valence-corrected chi connectivity index (χ1v) is 17.1. The van der Waals surface area contributed by atoms with Gasteiger partial charge in [0.1, 0.15) is 0 Å². The first-order valence-electron chi connectivity index (χ1n) is 17.1. The third kappa shape index (κ3) is 5.91. The highest BCUT2D eigenvalue weighted by Crippen LogP contribution is 2.30. The average Bonchev–Trinajstić information content (AvgIpc) is 3.12. The van der Waals surface area contributed by atoms with E-state index >= 15 is 0 Å². The molecule has 0 bridgehead atoms. The van der Waals surface area contributed by atoms with E-state index in [1.54, 1.807) is 24.6 Å². The lowest BCUT2D eigenvalue weighted by atomic mass is 9.92. The fourth-order valence-corrected chi connectivity index (χ4v) is 6.90. The third-order valence-electron chi connectivity index (χ3n) is 10.2. The van der Waals surface area contributed by atoms with Crippen molar-refractivity contribution in [1.29, 1.82) is 0 Å². The van der Waals surface area contributed by atoms with E-state index in [1.165, 1.54) is 9.13 Å². The van der Waals surface area contributed by atoms with Gasteiger partial charge in [-0.05, 0) is 112 Å². The fourth-order valence-electron chi connectivity index (χ4n) is 6.90. The fraction of sp³-hybridized carbons (Fsp3) is 0.238. The summed E-state index contributed by atoms with van der Waals surface area (Å²) in [5.41, 5.74) is 5.96. The Morgan fingerprint density at radius 1 is 0.540 bits per heavy atom. The van der Waals surface area contributed by atoms with Crippen molar-refractivity contribution in [3.05, 3.63) is 139 Å². The maximum Gasteiger partial charge on any atom is 0.265 e. The molecule has 2 N–H and O–H groups in total. The van der Waals surface area contributed by atoms with Gasteiger partial charge in [0.05, 0.1) is 34.6 Å². The third-order valence-corrected chi connectivity index (χ3v) is 10.2. The van der Waals surface area contributed by atoms with Gasteiger partial charge in [0.15, 0.2) is 0 Å². The summed E-state index contributed by atoms with van der Waals surface area (Å²) in [7, 11) is 0. The number of nitrogens with zero attached hydrogens (tertiary/aromatic N) is 4. The summed E-state index contributed by atoms with van der Waals surface area (Å²) in [5, 5.41) is 25.3. The molecule has 1 fully saturated rings. The molecule has 1 aliphatic rings. The second-order valence-corrected chi connectivity index (χ2v) is 13.4. The molecule has 0 aliphatic heterocycles. The van der Waals surface area contributed by atoms with Crippen molar-refractivity contribution >= 4 is 34.0 Å². The SMILES string of the molecule is Cc1ccc(-n2c(O)c(C=NC3CCC(N=Cc4c(O)n(-c5ccc(C)c(C)c5)c(=O)c5ccccc45)CC3)c3ccccc3c2=O)cc1C. The van der Waals surface area contributed by atoms with Crippen LogP contribution >= 0.6 is 0 Å². The zero-order valence-electron chi connectivity index (χ0n) is 28.7. The molecule has 0 spiro atoms. The number of hydrogen-bond donors (Lipinski definition) is 2. The van der Waals surface area contributed by atoms with Gasteiger partial charge in [-0.15, -0.1) is 0 Å². The zero-order chi connectivity index (χ0) is 35.1. The Bertz CT molecular complexity index is 2290. The van der Waals surface area contributed by atoms with Crippen LogP contribution in [-0.2, 0) is 0 Å². The Labute approximate surface area is 290 Å². The molecule has 7 rings (SSSR count). The topological polar surface area (TPSA) is 109 Å². The molecule has 50 heavy (non-hydrogen) atoms. The van der Waals surface area contributed by atoms with Crippen LogP contribution in [0, 0.1) is 27.7 Å². The molecule has 4 aromatic carbocycles. The van der Waals surface area contributed by atoms with E-state index < -0.39 is 0 Å². The highest BCUT2D eigenvalue weighted by Gasteiger charge is 2.22. The van der Waals surface area contributed by atoms with Gasteiger partial charge in [0.2, 0.25) is 11.8 Å². The van der Waals surface area contributed by atoms with Crippen LogP contribution < -0.4 is 11.1 Å². The van der Waals surface area contributed by atoms with Crippen LogP contribution in [0.5, 0.6) is 11.8 Å². The van der Waals surface area contributed by atoms with Crippen molar-refractivity contribution in [2.75, 3.05) is 0 Å². The maximum atomic E-state index is 13.5. The van der Waals surface area contributed by atoms with Crippen molar-refractivity contribution in [2.24, 2.45) is 9.98 Å². The van der Waals surface area contributed by atoms with Gasteiger partial charge >= 0.3 is 0 Å². The van der Waals surface area contributed by atoms with Crippen molar-refractivity contribution in [3.63, 3.8) is 0 Å². The Morgan fingerprint density at radius 2 is 0.900 bits per heavy atom. The Kier molecular flexibility index (Phi) is 8.70. The summed E-state index contributed by atoms with van der Waals surface area (Å²) in [6.45, 7) is 8.00. The molecule has 1 saturated carbocycles. The Morgan fingerprint density at radius 3 is 1.26 bits per heavy atom. The second-order valence-electron chi connectivity index (χ2n) is 13.4. The normalized spacial score (nSPS) is 16.6. The van der Waals surface area contributed by atoms with Crippen LogP contribution in [0.25, 0.3) is 32.9 Å². The number of aliphatic imine (C=N–C) groups is 2. The minimum absolute atomic E-state index is 0.0301. The van der Waals surface area contributed by atoms with Crippen molar-refractivity contribution in [3.8, 4) is 23.1 Å². The molecule has 8 heteroatoms. The highest BCUT2D eigenvalue weighted by molar-refractivity contribution is 6.02. The summed E-state index contributed by atoms with van der Waals surface area (Å²) in [6, 6.07) is 26.1. The quantitative estimate of drug-likeness (QED) is 0.177. The molecule has 1 aliphatic carbocycles. The molecule has 2 aromatic heterocycles. The number of aromatic hydroxyl groups is 2. The maximum absolute atomic E-state index is 13.5. The van der Waals surface area contributed by atoms with Gasteiger partial charge in [-0.1, -0.05) is 48.5 Å². The molecular weight excluding hydrogens is 624 g/mol. The van der Waals surface area contributed by atoms with Crippen LogP contribution in [0.2, 0.25) is 0 Å². The molecule has 6 aromatic rings. The van der Waals surface area contributed by atoms with Crippen molar-refractivity contribution in [2.45, 2.75) is 65.5 Å². The monoisotopic (exact) mass is 664 g/mol. The average molecular weight is 665 g/mol. The number of rotatable bonds is 6. The number of aromatic nitrogens is 2. The van der Waals surface area contributed by atoms with Gasteiger partial charge in [-0.2, -0.15) is 0 Å². The van der Waals surface area contributed by atoms with Gasteiger partial charge < -0.3 is 10.2 Å². The van der Waals surface area contributed by atoms with Gasteiger partial charge in [-0.25, -0.2) is 9.13 Å². The van der Waals surface area contributed by atoms with Crippen LogP contribution in [0.4, 0.5) is 0 Å². The van der Waals surface area contributed by atoms with Gasteiger partial charge in [-0.3, -0.25) is 19.6 Å². The summed E-state index contributed by atoms with van der Waals surface area (Å²) in [5.74, 6) is -0.263. The summed E-state index contributed by atoms with van der Waals surface area (Å²) < 4.78 is 2.73. The van der Waals surface area contributed by atoms with E-state index in [1.807, 2.05) is 100 Å². The molecule has 0 saturated heterocycles. The first kappa shape index (κ1) is 32.8. The lowest BCUT2D eigenvalue weighted by Gasteiger charge is -2.23. The molecule has 8 nitrogen and oxygen atoms in total. The van der Waals surface area contributed by atoms with E-state index in [-0.39, 0.29) is 35.0 Å². The van der Waals surface area contributed by atoms with E-state index in [0.29, 0.717) is 44.0 Å². The van der Waals surface area contributed by atoms with Gasteiger partial charge in [0.25, 0.3) is 11.1 Å². The molecule has 252 valence electrons. The zero-order valence-corrected chi connectivity index (χ0v) is 28.7. The van der Waals surface area contributed by atoms with E-state index in [2.05, 4.69) is 0 Å². The number of aryl methyl sites for hydroxylation is 4. The highest BCUT2D eigenvalue weighted by atomic mass is 16.3. The van der Waals surface area contributed by atoms with Crippen LogP contribution in [0.1, 0.15) is 59.1 Å². The molecule has 0 atom stereocenters. The molecule has 0 unspecified atom stereocenters. The number of hydrogen-bond acceptors (Lipinski definition) is 6. The van der Waals surface area contributed by atoms with E-state index in [9.17, 15) is 19.8 Å². The predicted molar refractivity (Wildman–Crippen MR) is 203 cm³/mol. The van der Waals surface area contributed by atoms with E-state index in [4.69, 9.17) is 9.98 Å². The molecule has 2 heterocycles. The number of pyridine rings is 2. The van der Waals surface area contributed by atoms with Gasteiger partial charge in [0, 0.05) is 34.0 Å². The minimum Gasteiger partial charge on any atom is -0.494 e. The molecule has 0 radical (unpaired) electrons. The van der Waals surface area contributed by atoms with E-state index in [0.717, 1.165) is 47.9 Å². The Hall–Kier alpha value is -5.76. The smallest absolute Gasteiger partial charge is 0.265 e. The second kappa shape index (κ2) is 13.3. The lowest BCUT2D eigenvalue weighted by Crippen LogP contribution is -2.22. The van der Waals surface area contributed by atoms with Crippen LogP contribution in [0.15, 0.2) is 105 Å². The standard InChI is InChI=1S/C42H40N4O4/c1-25-13-19-31(21-27(25)3)45-39(47)35-11-7-5-9-33(35)37(41(45)49)23-43-29-15-17-30(18-16-29)44-24-38-34-10-6-8-12-36(34)40(48)46(42(38)50)32-20-14-26(2)28(4)22-32/h5-14,19-24,29-30,49-50H,15-18H2,1-4H3. The lowest BCUT2D eigenvalue weighted by molar-refractivity contribution is 0.399. The molecular formula is C42H40N4O4. The summed E-state index contributed by atoms with van der Waals surface area (Å²) in [4.78, 5) is 36.9. The van der Waals surface area contributed by atoms with Crippen molar-refractivity contribution < 1.29 is 10.2 Å². The number of benzene rings is 4. The summed E-state index contributed by atoms with van der Waals surface area (Å²) in [6.07, 6.45) is 6.60. The van der Waals surface area contributed by atoms with Crippen LogP contribution in [-0.4, -0.2) is 43.9 Å². The predicted octanol–water partition coefficient (Wildman–Crippen LogP) is 7.79. The Balaban J connectivity index is 1.15. The van der Waals surface area contributed by atoms with Crippen LogP contribution in [0.3, 0.4) is 0 Å². The largest absolute Gasteiger partial charge is 0.494 e. The molecule has 0 amide bonds.